The monoisotopic (exact) mass is 412 g/mol. The molecule has 0 amide bonds. The summed E-state index contributed by atoms with van der Waals surface area (Å²) in [5.74, 6) is 0.781. The zero-order chi connectivity index (χ0) is 21.3. The molecule has 6 rings (SSSR count). The molecule has 4 nitrogen and oxygen atoms in total. The van der Waals surface area contributed by atoms with E-state index < -0.39 is 0 Å². The molecule has 0 bridgehead atoms. The van der Waals surface area contributed by atoms with Gasteiger partial charge in [0.2, 0.25) is 0 Å². The van der Waals surface area contributed by atoms with Crippen molar-refractivity contribution in [2.45, 2.75) is 0 Å². The predicted octanol–water partition coefficient (Wildman–Crippen LogP) is 6.96. The zero-order valence-electron chi connectivity index (χ0n) is 17.3. The Kier molecular flexibility index (Phi) is 4.40. The Bertz CT molecular complexity index is 1540. The molecule has 0 unspecified atom stereocenters. The molecule has 0 atom stereocenters. The SMILES string of the molecule is c1ccc(Nc2nn3c(-c4ccc5ccccc5c4)ccnc3c2-c2ccccc2)cc1. The van der Waals surface area contributed by atoms with Crippen molar-refractivity contribution in [3.8, 4) is 22.4 Å². The summed E-state index contributed by atoms with van der Waals surface area (Å²) in [6.07, 6.45) is 1.86. The molecule has 0 saturated heterocycles. The minimum Gasteiger partial charge on any atom is -0.338 e. The van der Waals surface area contributed by atoms with Gasteiger partial charge in [-0.15, -0.1) is 5.10 Å². The average Bonchev–Trinajstić information content (AvgIpc) is 3.23. The first-order valence-electron chi connectivity index (χ1n) is 10.6. The van der Waals surface area contributed by atoms with Gasteiger partial charge in [-0.05, 0) is 40.6 Å². The molecule has 1 N–H and O–H groups in total. The Morgan fingerprint density at radius 3 is 2.16 bits per heavy atom. The van der Waals surface area contributed by atoms with Crippen LogP contribution in [0.1, 0.15) is 0 Å². The fraction of sp³-hybridized carbons (Fsp3) is 0. The zero-order valence-corrected chi connectivity index (χ0v) is 17.3. The van der Waals surface area contributed by atoms with E-state index in [1.54, 1.807) is 0 Å². The van der Waals surface area contributed by atoms with E-state index >= 15 is 0 Å². The fourth-order valence-corrected chi connectivity index (χ4v) is 4.13. The number of aromatic nitrogens is 3. The van der Waals surface area contributed by atoms with Gasteiger partial charge in [-0.3, -0.25) is 0 Å². The first-order valence-corrected chi connectivity index (χ1v) is 10.6. The van der Waals surface area contributed by atoms with Gasteiger partial charge in [0.1, 0.15) is 0 Å². The van der Waals surface area contributed by atoms with E-state index in [0.717, 1.165) is 39.5 Å². The number of fused-ring (bicyclic) bond motifs is 2. The Morgan fingerprint density at radius 1 is 0.625 bits per heavy atom. The van der Waals surface area contributed by atoms with Crippen LogP contribution >= 0.6 is 0 Å². The van der Waals surface area contributed by atoms with Crippen molar-refractivity contribution in [2.24, 2.45) is 0 Å². The van der Waals surface area contributed by atoms with Gasteiger partial charge in [0.25, 0.3) is 0 Å². The molecule has 4 heteroatoms. The maximum Gasteiger partial charge on any atom is 0.165 e. The fourth-order valence-electron chi connectivity index (χ4n) is 4.13. The number of hydrogen-bond donors (Lipinski definition) is 1. The van der Waals surface area contributed by atoms with Crippen molar-refractivity contribution in [2.75, 3.05) is 5.32 Å². The molecule has 4 aromatic carbocycles. The van der Waals surface area contributed by atoms with Gasteiger partial charge in [-0.2, -0.15) is 0 Å². The van der Waals surface area contributed by atoms with Crippen LogP contribution in [0.2, 0.25) is 0 Å². The normalized spacial score (nSPS) is 11.1. The first-order chi connectivity index (χ1) is 15.9. The van der Waals surface area contributed by atoms with Crippen LogP contribution in [0.5, 0.6) is 0 Å². The van der Waals surface area contributed by atoms with Crippen LogP contribution in [0.25, 0.3) is 38.8 Å². The van der Waals surface area contributed by atoms with Gasteiger partial charge in [0.05, 0.1) is 11.3 Å². The lowest BCUT2D eigenvalue weighted by Crippen LogP contribution is -1.96. The lowest BCUT2D eigenvalue weighted by molar-refractivity contribution is 0.952. The third kappa shape index (κ3) is 3.19. The number of para-hydroxylation sites is 1. The second-order valence-corrected chi connectivity index (χ2v) is 7.71. The van der Waals surface area contributed by atoms with Gasteiger partial charge in [0.15, 0.2) is 11.5 Å². The molecule has 152 valence electrons. The van der Waals surface area contributed by atoms with Crippen LogP contribution < -0.4 is 5.32 Å². The summed E-state index contributed by atoms with van der Waals surface area (Å²) in [7, 11) is 0. The lowest BCUT2D eigenvalue weighted by Gasteiger charge is -2.07. The van der Waals surface area contributed by atoms with Crippen LogP contribution in [0, 0.1) is 0 Å². The smallest absolute Gasteiger partial charge is 0.165 e. The van der Waals surface area contributed by atoms with Crippen LogP contribution in [0.15, 0.2) is 115 Å². The van der Waals surface area contributed by atoms with E-state index in [9.17, 15) is 0 Å². The minimum atomic E-state index is 0.781. The Morgan fingerprint density at radius 2 is 1.34 bits per heavy atom. The van der Waals surface area contributed by atoms with E-state index in [1.807, 2.05) is 65.3 Å². The highest BCUT2D eigenvalue weighted by atomic mass is 15.3. The maximum atomic E-state index is 4.98. The number of nitrogens with zero attached hydrogens (tertiary/aromatic N) is 3. The molecule has 2 aromatic heterocycles. The highest BCUT2D eigenvalue weighted by molar-refractivity contribution is 5.91. The molecule has 0 aliphatic rings. The minimum absolute atomic E-state index is 0.781. The van der Waals surface area contributed by atoms with Crippen molar-refractivity contribution >= 4 is 27.9 Å². The second-order valence-electron chi connectivity index (χ2n) is 7.71. The van der Waals surface area contributed by atoms with Crippen LogP contribution in [0.4, 0.5) is 11.5 Å². The van der Waals surface area contributed by atoms with Crippen molar-refractivity contribution in [3.63, 3.8) is 0 Å². The third-order valence-electron chi connectivity index (χ3n) is 5.66. The Labute approximate surface area is 185 Å². The van der Waals surface area contributed by atoms with Gasteiger partial charge in [0, 0.05) is 17.4 Å². The molecular weight excluding hydrogens is 392 g/mol. The molecule has 6 aromatic rings. The third-order valence-corrected chi connectivity index (χ3v) is 5.66. The van der Waals surface area contributed by atoms with E-state index in [0.29, 0.717) is 0 Å². The largest absolute Gasteiger partial charge is 0.338 e. The molecular formula is C28H20N4. The Hall–Kier alpha value is -4.44. The highest BCUT2D eigenvalue weighted by Crippen LogP contribution is 2.35. The highest BCUT2D eigenvalue weighted by Gasteiger charge is 2.18. The quantitative estimate of drug-likeness (QED) is 0.340. The predicted molar refractivity (Wildman–Crippen MR) is 131 cm³/mol. The van der Waals surface area contributed by atoms with Crippen molar-refractivity contribution in [3.05, 3.63) is 115 Å². The number of hydrogen-bond acceptors (Lipinski definition) is 3. The van der Waals surface area contributed by atoms with E-state index in [4.69, 9.17) is 10.1 Å². The van der Waals surface area contributed by atoms with Crippen LogP contribution in [-0.2, 0) is 0 Å². The second kappa shape index (κ2) is 7.67. The topological polar surface area (TPSA) is 42.2 Å². The first kappa shape index (κ1) is 18.3. The molecule has 0 saturated carbocycles. The van der Waals surface area contributed by atoms with Gasteiger partial charge in [-0.1, -0.05) is 84.9 Å². The van der Waals surface area contributed by atoms with Crippen LogP contribution in [-0.4, -0.2) is 14.6 Å². The summed E-state index contributed by atoms with van der Waals surface area (Å²) >= 11 is 0. The molecule has 2 heterocycles. The molecule has 0 radical (unpaired) electrons. The van der Waals surface area contributed by atoms with Crippen molar-refractivity contribution < 1.29 is 0 Å². The summed E-state index contributed by atoms with van der Waals surface area (Å²) in [5, 5.41) is 10.9. The van der Waals surface area contributed by atoms with Gasteiger partial charge < -0.3 is 5.32 Å². The molecule has 32 heavy (non-hydrogen) atoms. The molecule has 0 aliphatic heterocycles. The van der Waals surface area contributed by atoms with Crippen molar-refractivity contribution in [1.29, 1.82) is 0 Å². The summed E-state index contributed by atoms with van der Waals surface area (Å²) in [4.78, 5) is 4.73. The maximum absolute atomic E-state index is 4.98. The number of nitrogens with one attached hydrogen (secondary N) is 1. The number of anilines is 2. The summed E-state index contributed by atoms with van der Waals surface area (Å²) in [6.45, 7) is 0. The van der Waals surface area contributed by atoms with E-state index in [1.165, 1.54) is 10.8 Å². The van der Waals surface area contributed by atoms with E-state index in [-0.39, 0.29) is 0 Å². The van der Waals surface area contributed by atoms with Crippen molar-refractivity contribution in [1.82, 2.24) is 14.6 Å². The van der Waals surface area contributed by atoms with Gasteiger partial charge >= 0.3 is 0 Å². The summed E-state index contributed by atoms with van der Waals surface area (Å²) in [6, 6.07) is 37.3. The summed E-state index contributed by atoms with van der Waals surface area (Å²) < 4.78 is 1.94. The number of benzene rings is 4. The van der Waals surface area contributed by atoms with Gasteiger partial charge in [-0.25, -0.2) is 9.50 Å². The van der Waals surface area contributed by atoms with Crippen LogP contribution in [0.3, 0.4) is 0 Å². The molecule has 0 aliphatic carbocycles. The number of rotatable bonds is 4. The average molecular weight is 412 g/mol. The standard InChI is InChI=1S/C28H20N4/c1-3-10-21(11-4-1)26-27(30-24-13-5-2-6-14-24)31-32-25(17-18-29-28(26)32)23-16-15-20-9-7-8-12-22(20)19-23/h1-19H,(H,30,31). The molecule has 0 spiro atoms. The van der Waals surface area contributed by atoms with E-state index in [2.05, 4.69) is 59.9 Å². The lowest BCUT2D eigenvalue weighted by atomic mass is 10.0. The molecule has 0 fully saturated rings. The Balaban J connectivity index is 1.58. The summed E-state index contributed by atoms with van der Waals surface area (Å²) in [5.41, 5.74) is 5.96.